The highest BCUT2D eigenvalue weighted by molar-refractivity contribution is 6.31. The standard InChI is InChI=1S/C22H12O/c23-15-7-9-16-17-8-6-13-5-4-12-2-1-3-14-10-19(18(16)11-15)22(17)21(13)20(12)14/h1-11,23H. The van der Waals surface area contributed by atoms with Gasteiger partial charge in [-0.2, -0.15) is 0 Å². The van der Waals surface area contributed by atoms with Gasteiger partial charge in [0.15, 0.2) is 0 Å². The third-order valence-electron chi connectivity index (χ3n) is 5.21. The Bertz CT molecular complexity index is 1260. The highest BCUT2D eigenvalue weighted by Gasteiger charge is 2.24. The second-order valence-electron chi connectivity index (χ2n) is 6.39. The van der Waals surface area contributed by atoms with E-state index in [1.165, 1.54) is 49.0 Å². The van der Waals surface area contributed by atoms with E-state index in [1.54, 1.807) is 6.07 Å². The van der Waals surface area contributed by atoms with E-state index < -0.39 is 0 Å². The Morgan fingerprint density at radius 3 is 2.13 bits per heavy atom. The van der Waals surface area contributed by atoms with Crippen LogP contribution < -0.4 is 0 Å². The van der Waals surface area contributed by atoms with Gasteiger partial charge in [0.1, 0.15) is 5.75 Å². The van der Waals surface area contributed by atoms with E-state index >= 15 is 0 Å². The van der Waals surface area contributed by atoms with Crippen molar-refractivity contribution in [3.05, 3.63) is 66.7 Å². The molecule has 0 saturated carbocycles. The lowest BCUT2D eigenvalue weighted by molar-refractivity contribution is 0.475. The molecule has 6 rings (SSSR count). The van der Waals surface area contributed by atoms with Crippen molar-refractivity contribution in [3.63, 3.8) is 0 Å². The fraction of sp³-hybridized carbons (Fsp3) is 0. The van der Waals surface area contributed by atoms with Gasteiger partial charge in [0, 0.05) is 0 Å². The van der Waals surface area contributed by atoms with Gasteiger partial charge < -0.3 is 5.11 Å². The van der Waals surface area contributed by atoms with Crippen molar-refractivity contribution in [1.82, 2.24) is 0 Å². The minimum Gasteiger partial charge on any atom is -0.508 e. The number of aromatic hydroxyl groups is 1. The fourth-order valence-corrected chi connectivity index (χ4v) is 4.28. The van der Waals surface area contributed by atoms with E-state index in [0.29, 0.717) is 5.75 Å². The van der Waals surface area contributed by atoms with Crippen molar-refractivity contribution in [2.24, 2.45) is 0 Å². The molecule has 0 aromatic heterocycles. The molecule has 1 nitrogen and oxygen atoms in total. The first kappa shape index (κ1) is 11.5. The van der Waals surface area contributed by atoms with Gasteiger partial charge in [-0.1, -0.05) is 48.5 Å². The maximum Gasteiger partial charge on any atom is 0.116 e. The van der Waals surface area contributed by atoms with Crippen LogP contribution in [0.5, 0.6) is 5.75 Å². The van der Waals surface area contributed by atoms with Gasteiger partial charge >= 0.3 is 0 Å². The molecule has 5 aromatic rings. The predicted octanol–water partition coefficient (Wildman–Crippen LogP) is 5.94. The fourth-order valence-electron chi connectivity index (χ4n) is 4.28. The molecule has 0 amide bonds. The van der Waals surface area contributed by atoms with Crippen LogP contribution in [-0.2, 0) is 0 Å². The maximum atomic E-state index is 9.94. The number of rotatable bonds is 0. The average Bonchev–Trinajstić information content (AvgIpc) is 2.89. The summed E-state index contributed by atoms with van der Waals surface area (Å²) < 4.78 is 0. The number of phenolic OH excluding ortho intramolecular Hbond substituents is 1. The lowest BCUT2D eigenvalue weighted by atomic mass is 9.91. The van der Waals surface area contributed by atoms with Gasteiger partial charge in [-0.25, -0.2) is 0 Å². The maximum absolute atomic E-state index is 9.94. The van der Waals surface area contributed by atoms with Crippen molar-refractivity contribution in [3.8, 4) is 28.0 Å². The van der Waals surface area contributed by atoms with Crippen molar-refractivity contribution in [2.75, 3.05) is 0 Å². The molecule has 0 atom stereocenters. The molecule has 0 radical (unpaired) electrons. The van der Waals surface area contributed by atoms with E-state index in [2.05, 4.69) is 48.5 Å². The first-order chi connectivity index (χ1) is 11.3. The van der Waals surface area contributed by atoms with Gasteiger partial charge in [-0.3, -0.25) is 0 Å². The smallest absolute Gasteiger partial charge is 0.116 e. The zero-order valence-corrected chi connectivity index (χ0v) is 12.3. The van der Waals surface area contributed by atoms with Crippen LogP contribution in [0.3, 0.4) is 0 Å². The van der Waals surface area contributed by atoms with Crippen LogP contribution in [0.1, 0.15) is 0 Å². The number of benzene rings is 5. The lowest BCUT2D eigenvalue weighted by Crippen LogP contribution is -1.85. The monoisotopic (exact) mass is 292 g/mol. The summed E-state index contributed by atoms with van der Waals surface area (Å²) in [6, 6.07) is 23.3. The van der Waals surface area contributed by atoms with E-state index in [0.717, 1.165) is 5.56 Å². The number of phenols is 1. The topological polar surface area (TPSA) is 20.2 Å². The Morgan fingerprint density at radius 1 is 0.478 bits per heavy atom. The van der Waals surface area contributed by atoms with E-state index in [1.807, 2.05) is 12.1 Å². The van der Waals surface area contributed by atoms with Crippen LogP contribution in [0.2, 0.25) is 0 Å². The Kier molecular flexibility index (Phi) is 1.82. The first-order valence-corrected chi connectivity index (χ1v) is 7.85. The van der Waals surface area contributed by atoms with E-state index in [4.69, 9.17) is 0 Å². The largest absolute Gasteiger partial charge is 0.508 e. The van der Waals surface area contributed by atoms with Crippen molar-refractivity contribution < 1.29 is 5.11 Å². The molecule has 23 heavy (non-hydrogen) atoms. The third-order valence-corrected chi connectivity index (χ3v) is 5.21. The minimum atomic E-state index is 0.325. The minimum absolute atomic E-state index is 0.325. The Hall–Kier alpha value is -3.06. The third kappa shape index (κ3) is 1.25. The molecule has 0 bridgehead atoms. The molecular weight excluding hydrogens is 280 g/mol. The van der Waals surface area contributed by atoms with Gasteiger partial charge in [0.05, 0.1) is 0 Å². The van der Waals surface area contributed by atoms with E-state index in [-0.39, 0.29) is 0 Å². The quantitative estimate of drug-likeness (QED) is 0.344. The SMILES string of the molecule is Oc1ccc2c(c1)-c1cc3cccc4ccc5ccc-2c1c5c43. The molecule has 0 aliphatic heterocycles. The van der Waals surface area contributed by atoms with Gasteiger partial charge in [-0.05, 0) is 72.8 Å². The predicted molar refractivity (Wildman–Crippen MR) is 96.2 cm³/mol. The average molecular weight is 292 g/mol. The molecular formula is C22H12O. The van der Waals surface area contributed by atoms with Crippen molar-refractivity contribution >= 4 is 32.3 Å². The molecule has 1 aliphatic rings. The second kappa shape index (κ2) is 3.64. The Labute approximate surface area is 132 Å². The summed E-state index contributed by atoms with van der Waals surface area (Å²) in [6.45, 7) is 0. The summed E-state index contributed by atoms with van der Waals surface area (Å²) in [6.07, 6.45) is 0. The van der Waals surface area contributed by atoms with Crippen LogP contribution in [-0.4, -0.2) is 5.11 Å². The van der Waals surface area contributed by atoms with E-state index in [9.17, 15) is 5.11 Å². The molecule has 0 fully saturated rings. The zero-order valence-electron chi connectivity index (χ0n) is 12.3. The van der Waals surface area contributed by atoms with Crippen LogP contribution in [0.25, 0.3) is 54.6 Å². The normalized spacial score (nSPS) is 12.5. The Balaban J connectivity index is 1.99. The molecule has 1 heteroatoms. The molecule has 0 unspecified atom stereocenters. The number of hydrogen-bond donors (Lipinski definition) is 1. The highest BCUT2D eigenvalue weighted by Crippen LogP contribution is 2.52. The molecule has 1 aliphatic carbocycles. The number of hydrogen-bond acceptors (Lipinski definition) is 1. The van der Waals surface area contributed by atoms with Crippen LogP contribution in [0.4, 0.5) is 0 Å². The summed E-state index contributed by atoms with van der Waals surface area (Å²) in [5.74, 6) is 0.325. The Morgan fingerprint density at radius 2 is 1.22 bits per heavy atom. The summed E-state index contributed by atoms with van der Waals surface area (Å²) in [5, 5.41) is 17.8. The van der Waals surface area contributed by atoms with Crippen molar-refractivity contribution in [2.45, 2.75) is 0 Å². The van der Waals surface area contributed by atoms with Crippen LogP contribution in [0, 0.1) is 0 Å². The summed E-state index contributed by atoms with van der Waals surface area (Å²) in [4.78, 5) is 0. The second-order valence-corrected chi connectivity index (χ2v) is 6.39. The van der Waals surface area contributed by atoms with Crippen LogP contribution >= 0.6 is 0 Å². The summed E-state index contributed by atoms with van der Waals surface area (Å²) in [7, 11) is 0. The lowest BCUT2D eigenvalue weighted by Gasteiger charge is -2.12. The molecule has 106 valence electrons. The van der Waals surface area contributed by atoms with Gasteiger partial charge in [0.25, 0.3) is 0 Å². The van der Waals surface area contributed by atoms with Crippen LogP contribution in [0.15, 0.2) is 66.7 Å². The van der Waals surface area contributed by atoms with Gasteiger partial charge in [0.2, 0.25) is 0 Å². The molecule has 0 saturated heterocycles. The summed E-state index contributed by atoms with van der Waals surface area (Å²) >= 11 is 0. The molecule has 1 N–H and O–H groups in total. The summed E-state index contributed by atoms with van der Waals surface area (Å²) in [5.41, 5.74) is 4.87. The highest BCUT2D eigenvalue weighted by atomic mass is 16.3. The van der Waals surface area contributed by atoms with Gasteiger partial charge in [-0.15, -0.1) is 0 Å². The van der Waals surface area contributed by atoms with Crippen molar-refractivity contribution in [1.29, 1.82) is 0 Å². The molecule has 0 spiro atoms. The number of fused-ring (bicyclic) bond motifs is 3. The molecule has 0 heterocycles. The first-order valence-electron chi connectivity index (χ1n) is 7.85. The molecule has 5 aromatic carbocycles. The zero-order chi connectivity index (χ0) is 15.1.